The van der Waals surface area contributed by atoms with Crippen molar-refractivity contribution in [3.63, 3.8) is 0 Å². The number of imidazole rings is 1. The van der Waals surface area contributed by atoms with Crippen LogP contribution in [0.3, 0.4) is 0 Å². The maximum Gasteiger partial charge on any atom is 0.326 e. The Morgan fingerprint density at radius 1 is 0.613 bits per heavy atom. The average molecular weight is 1060 g/mol. The molecule has 0 fully saturated rings. The third kappa shape index (κ3) is 23.8. The van der Waals surface area contributed by atoms with Gasteiger partial charge in [-0.05, 0) is 81.5 Å². The number of unbranched alkanes of at least 4 members (excludes halogenated alkanes) is 1. The quantitative estimate of drug-likeness (QED) is 0.0292. The van der Waals surface area contributed by atoms with Gasteiger partial charge in [0.15, 0.2) is 0 Å². The zero-order chi connectivity index (χ0) is 56.5. The number of H-pyrrole nitrogens is 1. The van der Waals surface area contributed by atoms with Crippen molar-refractivity contribution in [2.24, 2.45) is 34.8 Å². The molecule has 1 aromatic heterocycles. The Morgan fingerprint density at radius 2 is 1.11 bits per heavy atom. The van der Waals surface area contributed by atoms with E-state index in [1.165, 1.54) is 31.6 Å². The van der Waals surface area contributed by atoms with Crippen LogP contribution in [0.25, 0.3) is 0 Å². The molecule has 0 aliphatic rings. The molecule has 416 valence electrons. The van der Waals surface area contributed by atoms with Gasteiger partial charge in [0.1, 0.15) is 48.0 Å². The highest BCUT2D eigenvalue weighted by Crippen LogP contribution is 2.13. The number of aromatic hydroxyl groups is 1. The van der Waals surface area contributed by atoms with E-state index in [-0.39, 0.29) is 56.2 Å². The normalized spacial score (nSPS) is 14.7. The number of aromatic nitrogens is 2. The van der Waals surface area contributed by atoms with E-state index in [0.29, 0.717) is 24.1 Å². The van der Waals surface area contributed by atoms with Gasteiger partial charge in [0, 0.05) is 18.3 Å². The first-order chi connectivity index (χ1) is 35.2. The first-order valence-corrected chi connectivity index (χ1v) is 24.3. The molecule has 0 aliphatic heterocycles. The monoisotopic (exact) mass is 1060 g/mol. The van der Waals surface area contributed by atoms with Crippen molar-refractivity contribution in [3.05, 3.63) is 48.0 Å². The summed E-state index contributed by atoms with van der Waals surface area (Å²) in [6.45, 7) is 7.51. The smallest absolute Gasteiger partial charge is 0.326 e. The SMILES string of the molecule is CC(C)C[C@H](NC(=O)[C@H](Cc1cnc[nH]1)NC(=O)[C@H](CC(N)=O)NC(=O)CNC(=O)[C@H](CC(N)=O)NC(=O)[C@H](CC(C)C)NC(=O)[C@@H](N)Cc1ccc(O)cc1)C(=O)N[C@H](C(=O)N[C@@H](CCCCN)C(=O)O)[C@@H](C)O. The van der Waals surface area contributed by atoms with Crippen molar-refractivity contribution in [1.29, 1.82) is 0 Å². The number of carbonyl (C=O) groups excluding carboxylic acids is 10. The fourth-order valence-corrected chi connectivity index (χ4v) is 7.33. The summed E-state index contributed by atoms with van der Waals surface area (Å²) in [4.78, 5) is 151. The van der Waals surface area contributed by atoms with Crippen molar-refractivity contribution >= 4 is 65.0 Å². The molecule has 2 aromatic rings. The summed E-state index contributed by atoms with van der Waals surface area (Å²) < 4.78 is 0. The van der Waals surface area contributed by atoms with E-state index >= 15 is 0 Å². The lowest BCUT2D eigenvalue weighted by Crippen LogP contribution is -2.61. The number of nitrogens with two attached hydrogens (primary N) is 4. The van der Waals surface area contributed by atoms with Crippen LogP contribution in [0.15, 0.2) is 36.8 Å². The van der Waals surface area contributed by atoms with Gasteiger partial charge < -0.3 is 85.8 Å². The number of aliphatic hydroxyl groups excluding tert-OH is 1. The summed E-state index contributed by atoms with van der Waals surface area (Å²) in [5, 5.41) is 48.7. The number of phenolic OH excluding ortho intramolecular Hbond substituents is 1. The lowest BCUT2D eigenvalue weighted by Gasteiger charge is -2.28. The van der Waals surface area contributed by atoms with Crippen LogP contribution in [0.4, 0.5) is 0 Å². The van der Waals surface area contributed by atoms with Crippen LogP contribution in [0, 0.1) is 11.8 Å². The number of phenols is 1. The number of hydrogen-bond donors (Lipinski definition) is 16. The van der Waals surface area contributed by atoms with Crippen molar-refractivity contribution in [2.75, 3.05) is 13.1 Å². The predicted molar refractivity (Wildman–Crippen MR) is 267 cm³/mol. The molecule has 2 rings (SSSR count). The van der Waals surface area contributed by atoms with Crippen LogP contribution >= 0.6 is 0 Å². The number of benzene rings is 1. The molecule has 0 unspecified atom stereocenters. The minimum atomic E-state index is -1.78. The summed E-state index contributed by atoms with van der Waals surface area (Å²) in [7, 11) is 0. The van der Waals surface area contributed by atoms with Gasteiger partial charge in [-0.2, -0.15) is 0 Å². The van der Waals surface area contributed by atoms with Gasteiger partial charge in [-0.3, -0.25) is 47.9 Å². The number of carboxylic acid groups (broad SMARTS) is 1. The van der Waals surface area contributed by atoms with Crippen LogP contribution in [0.1, 0.15) is 90.8 Å². The van der Waals surface area contributed by atoms with Gasteiger partial charge in [0.25, 0.3) is 0 Å². The summed E-state index contributed by atoms with van der Waals surface area (Å²) in [6.07, 6.45) is 0.103. The molecule has 1 heterocycles. The fourth-order valence-electron chi connectivity index (χ4n) is 7.33. The number of rotatable bonds is 34. The summed E-state index contributed by atoms with van der Waals surface area (Å²) in [5.74, 6) is -11.8. The Hall–Kier alpha value is -7.72. The maximum absolute atomic E-state index is 14.0. The number of hydrogen-bond acceptors (Lipinski definition) is 16. The number of nitrogens with one attached hydrogen (secondary N) is 9. The van der Waals surface area contributed by atoms with E-state index in [0.717, 1.165) is 0 Å². The van der Waals surface area contributed by atoms with Gasteiger partial charge in [-0.15, -0.1) is 0 Å². The van der Waals surface area contributed by atoms with Crippen molar-refractivity contribution < 1.29 is 68.1 Å². The van der Waals surface area contributed by atoms with Crippen molar-refractivity contribution in [3.8, 4) is 5.75 Å². The molecule has 0 spiro atoms. The molecule has 28 heteroatoms. The molecule has 9 atom stereocenters. The lowest BCUT2D eigenvalue weighted by molar-refractivity contribution is -0.143. The third-order valence-corrected chi connectivity index (χ3v) is 11.2. The Kier molecular flexibility index (Phi) is 26.9. The first kappa shape index (κ1) is 63.4. The lowest BCUT2D eigenvalue weighted by atomic mass is 10.0. The number of amides is 10. The fraction of sp³-hybridized carbons (Fsp3) is 0.574. The Morgan fingerprint density at radius 3 is 1.61 bits per heavy atom. The molecule has 0 saturated carbocycles. The van der Waals surface area contributed by atoms with Crippen LogP contribution < -0.4 is 65.5 Å². The summed E-state index contributed by atoms with van der Waals surface area (Å²) in [5.41, 5.74) is 23.3. The van der Waals surface area contributed by atoms with Crippen LogP contribution in [0.5, 0.6) is 5.75 Å². The van der Waals surface area contributed by atoms with Crippen molar-refractivity contribution in [1.82, 2.24) is 52.5 Å². The molecule has 75 heavy (non-hydrogen) atoms. The molecule has 0 aliphatic carbocycles. The maximum atomic E-state index is 14.0. The Bertz CT molecular complexity index is 2260. The second-order valence-electron chi connectivity index (χ2n) is 18.9. The standard InChI is InChI=1S/C47H74N14O14/c1-23(2)14-31(57-40(67)29(49)16-26-9-11-28(63)12-10-26)42(69)60-34(18-36(50)64)41(68)53-21-38(66)55-35(19-37(51)65)44(71)59-33(17-27-20-52-22-54-27)43(70)58-32(15-24(3)4)45(72)61-39(25(5)62)46(73)56-30(47(74)75)8-6-7-13-48/h9-12,20,22-25,29-35,39,62-63H,6-8,13-19,21,48-49H2,1-5H3,(H2,50,64)(H2,51,65)(H,52,54)(H,53,68)(H,55,66)(H,56,73)(H,57,67)(H,58,70)(H,59,71)(H,60,69)(H,61,72)(H,74,75)/t25-,29+,30+,31+,32+,33+,34+,35+,39+/m1/s1. The molecule has 10 amide bonds. The number of aromatic amines is 1. The highest BCUT2D eigenvalue weighted by atomic mass is 16.4. The molecular formula is C47H74N14O14. The van der Waals surface area contributed by atoms with Crippen LogP contribution in [0.2, 0.25) is 0 Å². The van der Waals surface area contributed by atoms with Gasteiger partial charge in [0.05, 0.1) is 37.9 Å². The zero-order valence-corrected chi connectivity index (χ0v) is 42.7. The number of primary amides is 2. The van der Waals surface area contributed by atoms with Crippen molar-refractivity contribution in [2.45, 2.75) is 147 Å². The van der Waals surface area contributed by atoms with E-state index in [2.05, 4.69) is 52.5 Å². The molecule has 0 bridgehead atoms. The molecule has 1 aromatic carbocycles. The molecule has 0 radical (unpaired) electrons. The van der Waals surface area contributed by atoms with E-state index in [1.807, 2.05) is 0 Å². The van der Waals surface area contributed by atoms with Gasteiger partial charge in [-0.1, -0.05) is 39.8 Å². The van der Waals surface area contributed by atoms with E-state index in [1.54, 1.807) is 39.8 Å². The van der Waals surface area contributed by atoms with Gasteiger partial charge >= 0.3 is 5.97 Å². The minimum Gasteiger partial charge on any atom is -0.508 e. The van der Waals surface area contributed by atoms with Crippen LogP contribution in [-0.2, 0) is 65.6 Å². The largest absolute Gasteiger partial charge is 0.508 e. The highest BCUT2D eigenvalue weighted by molar-refractivity contribution is 5.99. The Balaban J connectivity index is 2.26. The average Bonchev–Trinajstić information content (AvgIpc) is 3.84. The Labute approximate surface area is 433 Å². The molecule has 0 saturated heterocycles. The number of carbonyl (C=O) groups is 11. The summed E-state index contributed by atoms with van der Waals surface area (Å²) in [6, 6.07) is -5.89. The number of aliphatic hydroxyl groups is 1. The zero-order valence-electron chi connectivity index (χ0n) is 42.7. The highest BCUT2D eigenvalue weighted by Gasteiger charge is 2.36. The predicted octanol–water partition coefficient (Wildman–Crippen LogP) is -4.83. The van der Waals surface area contributed by atoms with E-state index in [9.17, 15) is 68.1 Å². The third-order valence-electron chi connectivity index (χ3n) is 11.2. The van der Waals surface area contributed by atoms with Crippen LogP contribution in [-0.4, -0.2) is 158 Å². The number of aliphatic carboxylic acids is 1. The van der Waals surface area contributed by atoms with E-state index in [4.69, 9.17) is 22.9 Å². The molecular weight excluding hydrogens is 985 g/mol. The molecule has 28 nitrogen and oxygen atoms in total. The minimum absolute atomic E-state index is 0.00706. The topological polar surface area (TPSA) is 477 Å². The van der Waals surface area contributed by atoms with E-state index < -0.39 is 139 Å². The first-order valence-electron chi connectivity index (χ1n) is 24.3. The molecule has 20 N–H and O–H groups in total. The number of nitrogens with zero attached hydrogens (tertiary/aromatic N) is 1. The summed E-state index contributed by atoms with van der Waals surface area (Å²) >= 11 is 0. The number of carboxylic acids is 1. The second-order valence-corrected chi connectivity index (χ2v) is 18.9. The second kappa shape index (κ2) is 31.8. The van der Waals surface area contributed by atoms with Gasteiger partial charge in [0.2, 0.25) is 59.1 Å². The van der Waals surface area contributed by atoms with Gasteiger partial charge in [-0.25, -0.2) is 9.78 Å².